The topological polar surface area (TPSA) is 77.7 Å². The van der Waals surface area contributed by atoms with Gasteiger partial charge in [-0.05, 0) is 17.7 Å². The van der Waals surface area contributed by atoms with Gasteiger partial charge in [-0.15, -0.1) is 0 Å². The number of aromatic nitrogens is 2. The van der Waals surface area contributed by atoms with Crippen LogP contribution < -0.4 is 9.47 Å². The minimum Gasteiger partial charge on any atom is -0.493 e. The zero-order valence-electron chi connectivity index (χ0n) is 15.0. The van der Waals surface area contributed by atoms with Gasteiger partial charge in [0.15, 0.2) is 17.3 Å². The van der Waals surface area contributed by atoms with Crippen LogP contribution in [0.5, 0.6) is 11.5 Å². The summed E-state index contributed by atoms with van der Waals surface area (Å²) < 4.78 is 15.8. The van der Waals surface area contributed by atoms with Crippen LogP contribution >= 0.6 is 0 Å². The fourth-order valence-electron chi connectivity index (χ4n) is 2.76. The van der Waals surface area contributed by atoms with Gasteiger partial charge in [0.05, 0.1) is 26.6 Å². The molecule has 3 rings (SSSR count). The molecular formula is C18H23N3O4. The standard InChI is InChI=1S/C18H23N3O4/c1-11(2)17-19-18(25-20-17)13-9-21(10-13)16(22)8-12-5-6-14(23-3)15(7-12)24-4/h5-7,11,13H,8-10H2,1-4H3. The minimum absolute atomic E-state index is 0.0760. The number of rotatable bonds is 6. The lowest BCUT2D eigenvalue weighted by Gasteiger charge is -2.37. The van der Waals surface area contributed by atoms with Gasteiger partial charge in [0.1, 0.15) is 0 Å². The fraction of sp³-hybridized carbons (Fsp3) is 0.500. The summed E-state index contributed by atoms with van der Waals surface area (Å²) in [5.74, 6) is 3.06. The Kier molecular flexibility index (Phi) is 4.92. The minimum atomic E-state index is 0.0760. The second-order valence-electron chi connectivity index (χ2n) is 6.51. The van der Waals surface area contributed by atoms with Crippen LogP contribution in [0.2, 0.25) is 0 Å². The van der Waals surface area contributed by atoms with E-state index < -0.39 is 0 Å². The molecular weight excluding hydrogens is 322 g/mol. The number of benzene rings is 1. The van der Waals surface area contributed by atoms with E-state index in [1.54, 1.807) is 19.1 Å². The third kappa shape index (κ3) is 3.60. The van der Waals surface area contributed by atoms with Gasteiger partial charge in [0, 0.05) is 19.0 Å². The predicted octanol–water partition coefficient (Wildman–Crippen LogP) is 2.38. The van der Waals surface area contributed by atoms with E-state index in [1.807, 2.05) is 32.0 Å². The summed E-state index contributed by atoms with van der Waals surface area (Å²) in [5, 5.41) is 3.98. The van der Waals surface area contributed by atoms with Crippen LogP contribution in [0.25, 0.3) is 0 Å². The van der Waals surface area contributed by atoms with Gasteiger partial charge >= 0.3 is 0 Å². The maximum atomic E-state index is 12.4. The van der Waals surface area contributed by atoms with Gasteiger partial charge in [-0.1, -0.05) is 25.1 Å². The van der Waals surface area contributed by atoms with Gasteiger partial charge in [-0.2, -0.15) is 4.98 Å². The predicted molar refractivity (Wildman–Crippen MR) is 91.0 cm³/mol. The highest BCUT2D eigenvalue weighted by Gasteiger charge is 2.35. The smallest absolute Gasteiger partial charge is 0.233 e. The zero-order chi connectivity index (χ0) is 18.0. The zero-order valence-corrected chi connectivity index (χ0v) is 15.0. The Morgan fingerprint density at radius 1 is 1.28 bits per heavy atom. The Morgan fingerprint density at radius 2 is 2.00 bits per heavy atom. The molecule has 2 aromatic rings. The van der Waals surface area contributed by atoms with E-state index in [2.05, 4.69) is 10.1 Å². The number of ether oxygens (including phenoxy) is 2. The summed E-state index contributed by atoms with van der Waals surface area (Å²) in [5.41, 5.74) is 0.894. The van der Waals surface area contributed by atoms with E-state index in [9.17, 15) is 4.79 Å². The molecule has 0 radical (unpaired) electrons. The summed E-state index contributed by atoms with van der Waals surface area (Å²) in [6.07, 6.45) is 0.328. The average Bonchev–Trinajstić information content (AvgIpc) is 3.03. The second-order valence-corrected chi connectivity index (χ2v) is 6.51. The molecule has 0 aliphatic carbocycles. The summed E-state index contributed by atoms with van der Waals surface area (Å²) in [6.45, 7) is 5.28. The van der Waals surface area contributed by atoms with Crippen molar-refractivity contribution in [3.63, 3.8) is 0 Å². The van der Waals surface area contributed by atoms with Crippen LogP contribution in [-0.2, 0) is 11.2 Å². The number of hydrogen-bond donors (Lipinski definition) is 0. The largest absolute Gasteiger partial charge is 0.493 e. The van der Waals surface area contributed by atoms with Crippen LogP contribution in [0.3, 0.4) is 0 Å². The van der Waals surface area contributed by atoms with Gasteiger partial charge < -0.3 is 18.9 Å². The molecule has 1 saturated heterocycles. The van der Waals surface area contributed by atoms with Crippen molar-refractivity contribution >= 4 is 5.91 Å². The molecule has 0 spiro atoms. The summed E-state index contributed by atoms with van der Waals surface area (Å²) in [7, 11) is 3.17. The van der Waals surface area contributed by atoms with Gasteiger partial charge in [0.25, 0.3) is 0 Å². The third-order valence-electron chi connectivity index (χ3n) is 4.36. The molecule has 25 heavy (non-hydrogen) atoms. The first-order valence-corrected chi connectivity index (χ1v) is 8.34. The number of carbonyl (C=O) groups excluding carboxylic acids is 1. The molecule has 7 nitrogen and oxygen atoms in total. The van der Waals surface area contributed by atoms with Crippen LogP contribution in [0.15, 0.2) is 22.7 Å². The fourth-order valence-corrected chi connectivity index (χ4v) is 2.76. The first kappa shape index (κ1) is 17.3. The maximum Gasteiger partial charge on any atom is 0.233 e. The third-order valence-corrected chi connectivity index (χ3v) is 4.36. The van der Waals surface area contributed by atoms with Gasteiger partial charge in [-0.25, -0.2) is 0 Å². The lowest BCUT2D eigenvalue weighted by Crippen LogP contribution is -2.49. The average molecular weight is 345 g/mol. The highest BCUT2D eigenvalue weighted by Crippen LogP contribution is 2.30. The number of nitrogens with zero attached hydrogens (tertiary/aromatic N) is 3. The Morgan fingerprint density at radius 3 is 2.60 bits per heavy atom. The highest BCUT2D eigenvalue weighted by molar-refractivity contribution is 5.80. The van der Waals surface area contributed by atoms with Crippen molar-refractivity contribution in [1.29, 1.82) is 0 Å². The van der Waals surface area contributed by atoms with Crippen molar-refractivity contribution in [3.8, 4) is 11.5 Å². The Labute approximate surface area is 146 Å². The SMILES string of the molecule is COc1ccc(CC(=O)N2CC(c3nc(C(C)C)no3)C2)cc1OC. The van der Waals surface area contributed by atoms with E-state index in [0.29, 0.717) is 42.7 Å². The van der Waals surface area contributed by atoms with Gasteiger partial charge in [0.2, 0.25) is 11.8 Å². The molecule has 0 N–H and O–H groups in total. The van der Waals surface area contributed by atoms with Crippen molar-refractivity contribution < 1.29 is 18.8 Å². The Hall–Kier alpha value is -2.57. The van der Waals surface area contributed by atoms with Crippen LogP contribution in [0.1, 0.15) is 43.0 Å². The van der Waals surface area contributed by atoms with Gasteiger partial charge in [-0.3, -0.25) is 4.79 Å². The van der Waals surface area contributed by atoms with Crippen LogP contribution in [-0.4, -0.2) is 48.3 Å². The number of likely N-dealkylation sites (tertiary alicyclic amines) is 1. The molecule has 1 aromatic heterocycles. The number of amides is 1. The van der Waals surface area contributed by atoms with Crippen molar-refractivity contribution in [2.24, 2.45) is 0 Å². The molecule has 1 aliphatic heterocycles. The lowest BCUT2D eigenvalue weighted by atomic mass is 9.98. The Balaban J connectivity index is 1.57. The van der Waals surface area contributed by atoms with Crippen molar-refractivity contribution in [1.82, 2.24) is 15.0 Å². The summed E-state index contributed by atoms with van der Waals surface area (Å²) >= 11 is 0. The van der Waals surface area contributed by atoms with Crippen molar-refractivity contribution in [2.75, 3.05) is 27.3 Å². The van der Waals surface area contributed by atoms with E-state index in [4.69, 9.17) is 14.0 Å². The maximum absolute atomic E-state index is 12.4. The van der Waals surface area contributed by atoms with E-state index >= 15 is 0 Å². The molecule has 7 heteroatoms. The van der Waals surface area contributed by atoms with Crippen LogP contribution in [0.4, 0.5) is 0 Å². The molecule has 0 atom stereocenters. The van der Waals surface area contributed by atoms with E-state index in [1.165, 1.54) is 0 Å². The van der Waals surface area contributed by atoms with E-state index in [-0.39, 0.29) is 17.7 Å². The molecule has 134 valence electrons. The van der Waals surface area contributed by atoms with Crippen molar-refractivity contribution in [3.05, 3.63) is 35.5 Å². The summed E-state index contributed by atoms with van der Waals surface area (Å²) in [4.78, 5) is 18.6. The first-order chi connectivity index (χ1) is 12.0. The van der Waals surface area contributed by atoms with E-state index in [0.717, 1.165) is 5.56 Å². The summed E-state index contributed by atoms with van der Waals surface area (Å²) in [6, 6.07) is 5.52. The molecule has 1 aromatic carbocycles. The lowest BCUT2D eigenvalue weighted by molar-refractivity contribution is -0.135. The molecule has 0 unspecified atom stereocenters. The quantitative estimate of drug-likeness (QED) is 0.800. The molecule has 1 fully saturated rings. The molecule has 2 heterocycles. The first-order valence-electron chi connectivity index (χ1n) is 8.34. The number of methoxy groups -OCH3 is 2. The monoisotopic (exact) mass is 345 g/mol. The normalized spacial score (nSPS) is 14.5. The number of hydrogen-bond acceptors (Lipinski definition) is 6. The van der Waals surface area contributed by atoms with Crippen LogP contribution in [0, 0.1) is 0 Å². The molecule has 0 saturated carbocycles. The second kappa shape index (κ2) is 7.13. The number of carbonyl (C=O) groups is 1. The molecule has 1 aliphatic rings. The Bertz CT molecular complexity index is 751. The highest BCUT2D eigenvalue weighted by atomic mass is 16.5. The van der Waals surface area contributed by atoms with Crippen molar-refractivity contribution in [2.45, 2.75) is 32.1 Å². The molecule has 0 bridgehead atoms. The molecule has 1 amide bonds.